The Morgan fingerprint density at radius 3 is 2.33 bits per heavy atom. The van der Waals surface area contributed by atoms with E-state index >= 15 is 0 Å². The molecule has 4 aromatic rings. The SMILES string of the molecule is Cc1ccccc1NC(=O)[C@H](C)n1c(C)c2cnn(-c3ccccc3)c(=O)c2c1C. The van der Waals surface area contributed by atoms with E-state index in [9.17, 15) is 9.59 Å². The predicted octanol–water partition coefficient (Wildman–Crippen LogP) is 4.31. The number of nitrogens with one attached hydrogen (secondary N) is 1. The van der Waals surface area contributed by atoms with E-state index in [1.54, 1.807) is 6.20 Å². The van der Waals surface area contributed by atoms with Gasteiger partial charge in [0.2, 0.25) is 5.91 Å². The maximum atomic E-state index is 13.2. The van der Waals surface area contributed by atoms with Crippen molar-refractivity contribution >= 4 is 22.4 Å². The molecule has 4 rings (SSSR count). The monoisotopic (exact) mass is 400 g/mol. The summed E-state index contributed by atoms with van der Waals surface area (Å²) in [5.41, 5.74) is 3.91. The molecule has 30 heavy (non-hydrogen) atoms. The van der Waals surface area contributed by atoms with Crippen LogP contribution in [-0.4, -0.2) is 20.3 Å². The number of hydrogen-bond acceptors (Lipinski definition) is 3. The second-order valence-electron chi connectivity index (χ2n) is 7.51. The van der Waals surface area contributed by atoms with Crippen molar-refractivity contribution in [2.75, 3.05) is 5.32 Å². The van der Waals surface area contributed by atoms with Crippen LogP contribution in [0.5, 0.6) is 0 Å². The van der Waals surface area contributed by atoms with E-state index < -0.39 is 6.04 Å². The van der Waals surface area contributed by atoms with Crippen LogP contribution in [0.4, 0.5) is 5.69 Å². The summed E-state index contributed by atoms with van der Waals surface area (Å²) < 4.78 is 3.31. The lowest BCUT2D eigenvalue weighted by Gasteiger charge is -2.18. The van der Waals surface area contributed by atoms with Crippen molar-refractivity contribution in [1.29, 1.82) is 0 Å². The number of benzene rings is 2. The third kappa shape index (κ3) is 3.20. The van der Waals surface area contributed by atoms with E-state index in [1.165, 1.54) is 4.68 Å². The van der Waals surface area contributed by atoms with E-state index in [2.05, 4.69) is 10.4 Å². The molecule has 0 aliphatic rings. The van der Waals surface area contributed by atoms with Crippen LogP contribution in [0.1, 0.15) is 29.9 Å². The number of aryl methyl sites for hydroxylation is 3. The van der Waals surface area contributed by atoms with Crippen molar-refractivity contribution < 1.29 is 4.79 Å². The van der Waals surface area contributed by atoms with Gasteiger partial charge in [0.25, 0.3) is 5.56 Å². The Bertz CT molecular complexity index is 1300. The summed E-state index contributed by atoms with van der Waals surface area (Å²) in [4.78, 5) is 26.2. The van der Waals surface area contributed by atoms with E-state index in [4.69, 9.17) is 0 Å². The lowest BCUT2D eigenvalue weighted by Crippen LogP contribution is -2.25. The molecule has 0 saturated heterocycles. The van der Waals surface area contributed by atoms with Gasteiger partial charge in [-0.25, -0.2) is 0 Å². The molecule has 1 amide bonds. The topological polar surface area (TPSA) is 68.9 Å². The van der Waals surface area contributed by atoms with Gasteiger partial charge in [0.1, 0.15) is 6.04 Å². The van der Waals surface area contributed by atoms with Crippen molar-refractivity contribution in [3.63, 3.8) is 0 Å². The fourth-order valence-electron chi connectivity index (χ4n) is 3.98. The molecule has 0 saturated carbocycles. The van der Waals surface area contributed by atoms with Crippen LogP contribution in [0.15, 0.2) is 65.6 Å². The van der Waals surface area contributed by atoms with Crippen LogP contribution in [0, 0.1) is 20.8 Å². The number of carbonyl (C=O) groups excluding carboxylic acids is 1. The number of aromatic nitrogens is 3. The standard InChI is InChI=1S/C24H24N4O2/c1-15-10-8-9-13-21(15)26-23(29)18(4)27-16(2)20-14-25-28(19-11-6-5-7-12-19)24(30)22(20)17(27)3/h5-14,18H,1-4H3,(H,26,29)/t18-/m0/s1. The van der Waals surface area contributed by atoms with Crippen LogP contribution >= 0.6 is 0 Å². The number of hydrogen-bond donors (Lipinski definition) is 1. The summed E-state index contributed by atoms with van der Waals surface area (Å²) >= 11 is 0. The number of amides is 1. The third-order valence-corrected chi connectivity index (χ3v) is 5.62. The van der Waals surface area contributed by atoms with Gasteiger partial charge in [0.15, 0.2) is 0 Å². The van der Waals surface area contributed by atoms with Gasteiger partial charge in [-0.1, -0.05) is 36.4 Å². The van der Waals surface area contributed by atoms with Crippen molar-refractivity contribution in [3.05, 3.63) is 88.1 Å². The molecule has 0 aliphatic heterocycles. The molecule has 0 unspecified atom stereocenters. The summed E-state index contributed by atoms with van der Waals surface area (Å²) in [6.45, 7) is 7.60. The Morgan fingerprint density at radius 2 is 1.63 bits per heavy atom. The first kappa shape index (κ1) is 19.6. The number of fused-ring (bicyclic) bond motifs is 1. The maximum absolute atomic E-state index is 13.2. The summed E-state index contributed by atoms with van der Waals surface area (Å²) in [6.07, 6.45) is 1.70. The molecule has 0 fully saturated rings. The average molecular weight is 400 g/mol. The summed E-state index contributed by atoms with van der Waals surface area (Å²) in [5, 5.41) is 8.72. The first-order valence-corrected chi connectivity index (χ1v) is 9.91. The second kappa shape index (κ2) is 7.63. The van der Waals surface area contributed by atoms with Gasteiger partial charge < -0.3 is 9.88 Å². The van der Waals surface area contributed by atoms with Gasteiger partial charge in [-0.3, -0.25) is 9.59 Å². The molecule has 1 atom stereocenters. The second-order valence-corrected chi connectivity index (χ2v) is 7.51. The molecule has 6 heteroatoms. The molecule has 2 aromatic heterocycles. The molecular weight excluding hydrogens is 376 g/mol. The third-order valence-electron chi connectivity index (χ3n) is 5.62. The normalized spacial score (nSPS) is 12.1. The Labute approximate surface area is 174 Å². The van der Waals surface area contributed by atoms with Crippen molar-refractivity contribution in [2.24, 2.45) is 0 Å². The molecule has 2 aromatic carbocycles. The zero-order chi connectivity index (χ0) is 21.4. The Balaban J connectivity index is 1.78. The molecule has 0 radical (unpaired) electrons. The summed E-state index contributed by atoms with van der Waals surface area (Å²) in [6, 6.07) is 16.5. The lowest BCUT2D eigenvalue weighted by molar-refractivity contribution is -0.118. The van der Waals surface area contributed by atoms with Crippen LogP contribution in [0.25, 0.3) is 16.5 Å². The molecule has 0 bridgehead atoms. The fraction of sp³-hybridized carbons (Fsp3) is 0.208. The molecule has 6 nitrogen and oxygen atoms in total. The minimum Gasteiger partial charge on any atom is -0.336 e. The highest BCUT2D eigenvalue weighted by Gasteiger charge is 2.24. The van der Waals surface area contributed by atoms with Crippen molar-refractivity contribution in [3.8, 4) is 5.69 Å². The molecule has 2 heterocycles. The molecular formula is C24H24N4O2. The summed E-state index contributed by atoms with van der Waals surface area (Å²) in [7, 11) is 0. The number of rotatable bonds is 4. The number of nitrogens with zero attached hydrogens (tertiary/aromatic N) is 3. The number of anilines is 1. The maximum Gasteiger partial charge on any atom is 0.281 e. The van der Waals surface area contributed by atoms with Gasteiger partial charge in [0, 0.05) is 22.5 Å². The predicted molar refractivity (Wildman–Crippen MR) is 119 cm³/mol. The highest BCUT2D eigenvalue weighted by Crippen LogP contribution is 2.27. The van der Waals surface area contributed by atoms with Crippen molar-refractivity contribution in [1.82, 2.24) is 14.3 Å². The van der Waals surface area contributed by atoms with Crippen LogP contribution in [0.3, 0.4) is 0 Å². The minimum absolute atomic E-state index is 0.132. The Kier molecular flexibility index (Phi) is 4.99. The summed E-state index contributed by atoms with van der Waals surface area (Å²) in [5.74, 6) is -0.132. The first-order chi connectivity index (χ1) is 14.4. The number of para-hydroxylation sites is 2. The van der Waals surface area contributed by atoms with Crippen LogP contribution in [-0.2, 0) is 4.79 Å². The molecule has 0 spiro atoms. The molecule has 0 aliphatic carbocycles. The minimum atomic E-state index is -0.485. The lowest BCUT2D eigenvalue weighted by atomic mass is 10.2. The zero-order valence-electron chi connectivity index (χ0n) is 17.5. The number of carbonyl (C=O) groups is 1. The zero-order valence-corrected chi connectivity index (χ0v) is 17.5. The van der Waals surface area contributed by atoms with Crippen molar-refractivity contribution in [2.45, 2.75) is 33.7 Å². The average Bonchev–Trinajstić information content (AvgIpc) is 3.00. The van der Waals surface area contributed by atoms with E-state index in [0.29, 0.717) is 11.1 Å². The van der Waals surface area contributed by atoms with Crippen LogP contribution in [0.2, 0.25) is 0 Å². The van der Waals surface area contributed by atoms with Crippen LogP contribution < -0.4 is 10.9 Å². The van der Waals surface area contributed by atoms with E-state index in [0.717, 1.165) is 28.0 Å². The Morgan fingerprint density at radius 1 is 0.967 bits per heavy atom. The van der Waals surface area contributed by atoms with Gasteiger partial charge in [-0.15, -0.1) is 0 Å². The smallest absolute Gasteiger partial charge is 0.281 e. The van der Waals surface area contributed by atoms with Gasteiger partial charge in [0.05, 0.1) is 17.3 Å². The van der Waals surface area contributed by atoms with Gasteiger partial charge >= 0.3 is 0 Å². The largest absolute Gasteiger partial charge is 0.336 e. The highest BCUT2D eigenvalue weighted by atomic mass is 16.2. The highest BCUT2D eigenvalue weighted by molar-refractivity contribution is 5.95. The van der Waals surface area contributed by atoms with E-state index in [-0.39, 0.29) is 11.5 Å². The van der Waals surface area contributed by atoms with Gasteiger partial charge in [-0.2, -0.15) is 9.78 Å². The fourth-order valence-corrected chi connectivity index (χ4v) is 3.98. The molecule has 152 valence electrons. The molecule has 1 N–H and O–H groups in total. The first-order valence-electron chi connectivity index (χ1n) is 9.91. The quantitative estimate of drug-likeness (QED) is 0.555. The Hall–Kier alpha value is -3.67. The van der Waals surface area contributed by atoms with E-state index in [1.807, 2.05) is 86.9 Å². The van der Waals surface area contributed by atoms with Gasteiger partial charge in [-0.05, 0) is 51.5 Å².